The SMILES string of the molecule is CCOC(=O)C1=C(C)N(CC(=O)N2CCN(CC=Cc3ccccc3)CC2)C(=O)CC1c1ccccc1F. The van der Waals surface area contributed by atoms with Crippen LogP contribution in [0.15, 0.2) is 71.9 Å². The molecule has 2 amide bonds. The molecule has 0 N–H and O–H groups in total. The van der Waals surface area contributed by atoms with Crippen molar-refractivity contribution in [1.29, 1.82) is 0 Å². The highest BCUT2D eigenvalue weighted by molar-refractivity contribution is 5.97. The summed E-state index contributed by atoms with van der Waals surface area (Å²) in [5.74, 6) is -2.34. The van der Waals surface area contributed by atoms with Gasteiger partial charge in [0.1, 0.15) is 12.4 Å². The minimum atomic E-state index is -0.762. The molecule has 2 aliphatic rings. The number of rotatable bonds is 8. The van der Waals surface area contributed by atoms with Crippen LogP contribution in [0.4, 0.5) is 4.39 Å². The predicted octanol–water partition coefficient (Wildman–Crippen LogP) is 3.84. The van der Waals surface area contributed by atoms with Gasteiger partial charge in [-0.15, -0.1) is 0 Å². The molecule has 1 fully saturated rings. The van der Waals surface area contributed by atoms with Crippen molar-refractivity contribution in [3.63, 3.8) is 0 Å². The third kappa shape index (κ3) is 6.37. The lowest BCUT2D eigenvalue weighted by molar-refractivity contribution is -0.143. The summed E-state index contributed by atoms with van der Waals surface area (Å²) in [4.78, 5) is 44.6. The molecule has 0 saturated carbocycles. The molecule has 2 heterocycles. The summed E-state index contributed by atoms with van der Waals surface area (Å²) in [5, 5.41) is 0. The molecule has 0 bridgehead atoms. The number of benzene rings is 2. The van der Waals surface area contributed by atoms with Gasteiger partial charge in [0.15, 0.2) is 0 Å². The Morgan fingerprint density at radius 1 is 1.03 bits per heavy atom. The number of esters is 1. The molecule has 0 aliphatic carbocycles. The van der Waals surface area contributed by atoms with E-state index in [-0.39, 0.29) is 42.5 Å². The van der Waals surface area contributed by atoms with Crippen molar-refractivity contribution in [3.05, 3.63) is 88.9 Å². The Morgan fingerprint density at radius 3 is 2.39 bits per heavy atom. The highest BCUT2D eigenvalue weighted by Gasteiger charge is 2.39. The number of carbonyl (C=O) groups excluding carboxylic acids is 3. The first-order chi connectivity index (χ1) is 18.4. The normalized spacial score (nSPS) is 18.8. The molecule has 2 aliphatic heterocycles. The Labute approximate surface area is 223 Å². The van der Waals surface area contributed by atoms with E-state index < -0.39 is 17.7 Å². The lowest BCUT2D eigenvalue weighted by Crippen LogP contribution is -2.52. The second kappa shape index (κ2) is 12.6. The average Bonchev–Trinajstić information content (AvgIpc) is 2.92. The fraction of sp³-hybridized carbons (Fsp3) is 0.367. The van der Waals surface area contributed by atoms with Crippen LogP contribution in [-0.4, -0.2) is 78.4 Å². The molecule has 0 aromatic heterocycles. The Morgan fingerprint density at radius 2 is 1.71 bits per heavy atom. The van der Waals surface area contributed by atoms with Crippen molar-refractivity contribution < 1.29 is 23.5 Å². The maximum Gasteiger partial charge on any atom is 0.336 e. The van der Waals surface area contributed by atoms with Gasteiger partial charge in [-0.1, -0.05) is 60.7 Å². The second-order valence-electron chi connectivity index (χ2n) is 9.47. The van der Waals surface area contributed by atoms with Crippen LogP contribution in [0, 0.1) is 5.82 Å². The monoisotopic (exact) mass is 519 g/mol. The van der Waals surface area contributed by atoms with Gasteiger partial charge in [-0.05, 0) is 31.0 Å². The summed E-state index contributed by atoms with van der Waals surface area (Å²) in [6.07, 6.45) is 4.10. The van der Waals surface area contributed by atoms with Gasteiger partial charge in [-0.2, -0.15) is 0 Å². The van der Waals surface area contributed by atoms with E-state index in [1.165, 1.54) is 11.0 Å². The Kier molecular flexibility index (Phi) is 9.07. The predicted molar refractivity (Wildman–Crippen MR) is 143 cm³/mol. The molecule has 200 valence electrons. The van der Waals surface area contributed by atoms with Crippen LogP contribution in [-0.2, 0) is 19.1 Å². The second-order valence-corrected chi connectivity index (χ2v) is 9.47. The number of ether oxygens (including phenoxy) is 1. The van der Waals surface area contributed by atoms with Crippen LogP contribution in [0.5, 0.6) is 0 Å². The fourth-order valence-electron chi connectivity index (χ4n) is 5.02. The summed E-state index contributed by atoms with van der Waals surface area (Å²) in [7, 11) is 0. The summed E-state index contributed by atoms with van der Waals surface area (Å²) in [6.45, 7) is 6.69. The lowest BCUT2D eigenvalue weighted by Gasteiger charge is -2.37. The minimum absolute atomic E-state index is 0.110. The van der Waals surface area contributed by atoms with E-state index in [2.05, 4.69) is 29.2 Å². The van der Waals surface area contributed by atoms with Crippen LogP contribution in [0.3, 0.4) is 0 Å². The maximum atomic E-state index is 14.6. The third-order valence-corrected chi connectivity index (χ3v) is 7.09. The van der Waals surface area contributed by atoms with E-state index in [0.717, 1.165) is 25.2 Å². The summed E-state index contributed by atoms with van der Waals surface area (Å²) < 4.78 is 19.9. The third-order valence-electron chi connectivity index (χ3n) is 7.09. The van der Waals surface area contributed by atoms with E-state index in [4.69, 9.17) is 4.74 Å². The van der Waals surface area contributed by atoms with E-state index >= 15 is 0 Å². The van der Waals surface area contributed by atoms with Crippen LogP contribution < -0.4 is 0 Å². The minimum Gasteiger partial charge on any atom is -0.463 e. The lowest BCUT2D eigenvalue weighted by atomic mass is 9.83. The number of halogens is 1. The van der Waals surface area contributed by atoms with Gasteiger partial charge < -0.3 is 14.5 Å². The topological polar surface area (TPSA) is 70.2 Å². The van der Waals surface area contributed by atoms with Crippen molar-refractivity contribution in [2.75, 3.05) is 45.9 Å². The Balaban J connectivity index is 1.42. The van der Waals surface area contributed by atoms with Crippen molar-refractivity contribution in [2.45, 2.75) is 26.2 Å². The highest BCUT2D eigenvalue weighted by Crippen LogP contribution is 2.38. The molecule has 8 heteroatoms. The molecule has 2 aromatic rings. The number of hydrogen-bond donors (Lipinski definition) is 0. The molecule has 0 spiro atoms. The first kappa shape index (κ1) is 27.3. The smallest absolute Gasteiger partial charge is 0.336 e. The molecular formula is C30H34FN3O4. The van der Waals surface area contributed by atoms with Crippen molar-refractivity contribution >= 4 is 23.9 Å². The molecule has 1 unspecified atom stereocenters. The van der Waals surface area contributed by atoms with Crippen molar-refractivity contribution in [1.82, 2.24) is 14.7 Å². The zero-order valence-electron chi connectivity index (χ0n) is 21.9. The quantitative estimate of drug-likeness (QED) is 0.496. The van der Waals surface area contributed by atoms with Crippen LogP contribution in [0.25, 0.3) is 6.08 Å². The van der Waals surface area contributed by atoms with E-state index in [0.29, 0.717) is 18.8 Å². The standard InChI is InChI=1S/C30H34FN3O4/c1-3-38-30(37)29-22(2)34(27(35)20-25(29)24-13-7-8-14-26(24)31)21-28(36)33-18-16-32(17-19-33)15-9-12-23-10-5-4-6-11-23/h4-14,25H,3,15-21H2,1-2H3. The number of piperazine rings is 1. The largest absolute Gasteiger partial charge is 0.463 e. The number of hydrogen-bond acceptors (Lipinski definition) is 5. The van der Waals surface area contributed by atoms with Crippen molar-refractivity contribution in [3.8, 4) is 0 Å². The van der Waals surface area contributed by atoms with Gasteiger partial charge in [0, 0.05) is 50.8 Å². The summed E-state index contributed by atoms with van der Waals surface area (Å²) >= 11 is 0. The molecule has 4 rings (SSSR count). The Hall–Kier alpha value is -3.78. The van der Waals surface area contributed by atoms with Gasteiger partial charge in [-0.3, -0.25) is 14.5 Å². The van der Waals surface area contributed by atoms with E-state index in [9.17, 15) is 18.8 Å². The summed E-state index contributed by atoms with van der Waals surface area (Å²) in [6, 6.07) is 16.2. The number of amides is 2. The molecular weight excluding hydrogens is 485 g/mol. The fourth-order valence-corrected chi connectivity index (χ4v) is 5.02. The first-order valence-electron chi connectivity index (χ1n) is 13.0. The first-order valence-corrected chi connectivity index (χ1v) is 13.0. The van der Waals surface area contributed by atoms with E-state index in [1.807, 2.05) is 18.2 Å². The number of allylic oxidation sites excluding steroid dienone is 1. The van der Waals surface area contributed by atoms with Crippen LogP contribution in [0.2, 0.25) is 0 Å². The molecule has 7 nitrogen and oxygen atoms in total. The molecule has 0 radical (unpaired) electrons. The van der Waals surface area contributed by atoms with Crippen molar-refractivity contribution in [2.24, 2.45) is 0 Å². The van der Waals surface area contributed by atoms with Gasteiger partial charge in [0.05, 0.1) is 12.2 Å². The van der Waals surface area contributed by atoms with E-state index in [1.54, 1.807) is 36.9 Å². The van der Waals surface area contributed by atoms with Gasteiger partial charge in [-0.25, -0.2) is 9.18 Å². The zero-order chi connectivity index (χ0) is 27.1. The summed E-state index contributed by atoms with van der Waals surface area (Å²) in [5.41, 5.74) is 1.98. The molecule has 38 heavy (non-hydrogen) atoms. The molecule has 1 atom stereocenters. The number of nitrogens with zero attached hydrogens (tertiary/aromatic N) is 3. The van der Waals surface area contributed by atoms with Gasteiger partial charge in [0.25, 0.3) is 0 Å². The molecule has 2 aromatic carbocycles. The average molecular weight is 520 g/mol. The maximum absolute atomic E-state index is 14.6. The zero-order valence-corrected chi connectivity index (χ0v) is 21.9. The Bertz CT molecular complexity index is 1220. The molecule has 1 saturated heterocycles. The van der Waals surface area contributed by atoms with Crippen LogP contribution in [0.1, 0.15) is 37.3 Å². The highest BCUT2D eigenvalue weighted by atomic mass is 19.1. The van der Waals surface area contributed by atoms with Gasteiger partial charge >= 0.3 is 5.97 Å². The van der Waals surface area contributed by atoms with Crippen LogP contribution >= 0.6 is 0 Å². The number of carbonyl (C=O) groups is 3. The van der Waals surface area contributed by atoms with Gasteiger partial charge in [0.2, 0.25) is 11.8 Å².